The molecule has 1 aliphatic heterocycles. The first-order valence-corrected chi connectivity index (χ1v) is 9.95. The van der Waals surface area contributed by atoms with Gasteiger partial charge in [-0.05, 0) is 48.2 Å². The lowest BCUT2D eigenvalue weighted by Crippen LogP contribution is -2.49. The Morgan fingerprint density at radius 2 is 1.97 bits per heavy atom. The molecule has 3 rings (SSSR count). The molecule has 2 amide bonds. The van der Waals surface area contributed by atoms with Crippen LogP contribution in [0.4, 0.5) is 5.69 Å². The third-order valence-electron chi connectivity index (χ3n) is 5.01. The number of anilines is 1. The van der Waals surface area contributed by atoms with Crippen molar-refractivity contribution in [3.05, 3.63) is 54.1 Å². The Morgan fingerprint density at radius 3 is 2.62 bits per heavy atom. The Kier molecular flexibility index (Phi) is 6.99. The first kappa shape index (κ1) is 20.6. The lowest BCUT2D eigenvalue weighted by Gasteiger charge is -2.23. The molecule has 1 saturated heterocycles. The van der Waals surface area contributed by atoms with Crippen molar-refractivity contribution in [2.24, 2.45) is 0 Å². The van der Waals surface area contributed by atoms with Crippen LogP contribution < -0.4 is 16.0 Å². The van der Waals surface area contributed by atoms with Crippen molar-refractivity contribution in [2.45, 2.75) is 44.7 Å². The largest absolute Gasteiger partial charge is 0.339 e. The Morgan fingerprint density at radius 1 is 1.17 bits per heavy atom. The molecule has 0 aromatic heterocycles. The molecule has 2 aromatic carbocycles. The van der Waals surface area contributed by atoms with Gasteiger partial charge in [-0.2, -0.15) is 5.26 Å². The predicted molar refractivity (Wildman–Crippen MR) is 113 cm³/mol. The fraction of sp³-hybridized carbons (Fsp3) is 0.348. The highest BCUT2D eigenvalue weighted by molar-refractivity contribution is 5.89. The van der Waals surface area contributed by atoms with E-state index in [1.807, 2.05) is 48.5 Å². The zero-order chi connectivity index (χ0) is 20.6. The summed E-state index contributed by atoms with van der Waals surface area (Å²) in [7, 11) is 0. The zero-order valence-corrected chi connectivity index (χ0v) is 16.6. The van der Waals surface area contributed by atoms with Gasteiger partial charge in [-0.25, -0.2) is 0 Å². The number of hydrogen-bond acceptors (Lipinski definition) is 4. The number of nitrogens with zero attached hydrogens (tertiary/aromatic N) is 1. The van der Waals surface area contributed by atoms with Crippen molar-refractivity contribution < 1.29 is 9.59 Å². The van der Waals surface area contributed by atoms with Crippen LogP contribution in [0.1, 0.15) is 31.7 Å². The number of rotatable bonds is 6. The predicted octanol–water partition coefficient (Wildman–Crippen LogP) is 3.00. The minimum absolute atomic E-state index is 0.0948. The van der Waals surface area contributed by atoms with E-state index in [1.54, 1.807) is 0 Å². The monoisotopic (exact) mass is 390 g/mol. The van der Waals surface area contributed by atoms with Gasteiger partial charge < -0.3 is 16.0 Å². The molecular weight excluding hydrogens is 364 g/mol. The summed E-state index contributed by atoms with van der Waals surface area (Å²) in [6, 6.07) is 17.0. The second kappa shape index (κ2) is 9.85. The highest BCUT2D eigenvalue weighted by Gasteiger charge is 2.23. The highest BCUT2D eigenvalue weighted by Crippen LogP contribution is 2.23. The summed E-state index contributed by atoms with van der Waals surface area (Å²) < 4.78 is 0. The van der Waals surface area contributed by atoms with E-state index in [9.17, 15) is 14.9 Å². The van der Waals surface area contributed by atoms with Gasteiger partial charge in [0.2, 0.25) is 11.8 Å². The maximum Gasteiger partial charge on any atom is 0.238 e. The Hall–Kier alpha value is -3.17. The van der Waals surface area contributed by atoms with E-state index < -0.39 is 6.04 Å². The molecule has 1 fully saturated rings. The van der Waals surface area contributed by atoms with Crippen LogP contribution in [0.25, 0.3) is 11.1 Å². The fourth-order valence-electron chi connectivity index (χ4n) is 3.53. The van der Waals surface area contributed by atoms with Crippen LogP contribution in [0, 0.1) is 11.3 Å². The van der Waals surface area contributed by atoms with E-state index in [0.717, 1.165) is 48.2 Å². The summed E-state index contributed by atoms with van der Waals surface area (Å²) in [5.41, 5.74) is 3.75. The van der Waals surface area contributed by atoms with Gasteiger partial charge >= 0.3 is 0 Å². The van der Waals surface area contributed by atoms with Crippen molar-refractivity contribution in [2.75, 3.05) is 11.9 Å². The average molecular weight is 390 g/mol. The Labute approximate surface area is 171 Å². The zero-order valence-electron chi connectivity index (χ0n) is 16.6. The lowest BCUT2D eigenvalue weighted by atomic mass is 10.00. The third-order valence-corrected chi connectivity index (χ3v) is 5.01. The molecule has 0 saturated carbocycles. The van der Waals surface area contributed by atoms with E-state index in [0.29, 0.717) is 6.42 Å². The van der Waals surface area contributed by atoms with Crippen LogP contribution in [-0.4, -0.2) is 30.4 Å². The average Bonchev–Trinajstić information content (AvgIpc) is 2.74. The highest BCUT2D eigenvalue weighted by atomic mass is 16.2. The molecule has 1 aliphatic rings. The van der Waals surface area contributed by atoms with E-state index >= 15 is 0 Å². The molecule has 150 valence electrons. The normalized spacial score (nSPS) is 17.0. The molecule has 0 spiro atoms. The van der Waals surface area contributed by atoms with Gasteiger partial charge in [0.15, 0.2) is 0 Å². The second-order valence-electron chi connectivity index (χ2n) is 7.36. The maximum absolute atomic E-state index is 12.4. The number of benzene rings is 2. The van der Waals surface area contributed by atoms with Crippen molar-refractivity contribution in [1.82, 2.24) is 10.6 Å². The number of piperidine rings is 1. The summed E-state index contributed by atoms with van der Waals surface area (Å²) in [4.78, 5) is 23.6. The number of nitrogens with one attached hydrogen (secondary N) is 3. The van der Waals surface area contributed by atoms with Crippen molar-refractivity contribution in [1.29, 1.82) is 5.26 Å². The van der Waals surface area contributed by atoms with Gasteiger partial charge in [0.05, 0.1) is 12.1 Å². The molecule has 1 unspecified atom stereocenters. The summed E-state index contributed by atoms with van der Waals surface area (Å²) in [5, 5.41) is 18.3. The summed E-state index contributed by atoms with van der Waals surface area (Å²) in [6.07, 6.45) is 3.40. The van der Waals surface area contributed by atoms with Crippen LogP contribution in [0.5, 0.6) is 0 Å². The van der Waals surface area contributed by atoms with Crippen LogP contribution in [0.2, 0.25) is 0 Å². The molecule has 2 aromatic rings. The number of carbonyl (C=O) groups excluding carboxylic acids is 2. The Balaban J connectivity index is 1.62. The standard InChI is InChI=1S/C23H26N4O2/c1-16(28)26-20-6-4-5-19(14-20)18-10-8-17(9-11-18)13-21(15-24)27-23(29)22-7-2-3-12-25-22/h4-6,8-11,14,21-22,25H,2-3,7,12-13H2,1H3,(H,26,28)(H,27,29)/t21-,22?/m0/s1. The van der Waals surface area contributed by atoms with Crippen molar-refractivity contribution >= 4 is 17.5 Å². The van der Waals surface area contributed by atoms with E-state index in [-0.39, 0.29) is 17.9 Å². The smallest absolute Gasteiger partial charge is 0.238 e. The van der Waals surface area contributed by atoms with Gasteiger partial charge in [0.1, 0.15) is 6.04 Å². The first-order valence-electron chi connectivity index (χ1n) is 9.95. The topological polar surface area (TPSA) is 94.0 Å². The number of hydrogen-bond donors (Lipinski definition) is 3. The molecule has 0 aliphatic carbocycles. The number of amides is 2. The van der Waals surface area contributed by atoms with E-state index in [4.69, 9.17) is 0 Å². The Bertz CT molecular complexity index is 896. The molecule has 0 radical (unpaired) electrons. The SMILES string of the molecule is CC(=O)Nc1cccc(-c2ccc(C[C@@H](C#N)NC(=O)C3CCCCN3)cc2)c1. The first-order chi connectivity index (χ1) is 14.0. The minimum atomic E-state index is -0.555. The molecule has 2 atom stereocenters. The maximum atomic E-state index is 12.4. The quantitative estimate of drug-likeness (QED) is 0.707. The molecule has 3 N–H and O–H groups in total. The van der Waals surface area contributed by atoms with E-state index in [2.05, 4.69) is 22.0 Å². The van der Waals surface area contributed by atoms with Crippen molar-refractivity contribution in [3.63, 3.8) is 0 Å². The molecular formula is C23H26N4O2. The third kappa shape index (κ3) is 5.90. The van der Waals surface area contributed by atoms with Gasteiger partial charge in [0, 0.05) is 19.0 Å². The molecule has 6 heteroatoms. The minimum Gasteiger partial charge on any atom is -0.339 e. The summed E-state index contributed by atoms with van der Waals surface area (Å²) in [6.45, 7) is 2.33. The number of nitriles is 1. The summed E-state index contributed by atoms with van der Waals surface area (Å²) in [5.74, 6) is -0.201. The van der Waals surface area contributed by atoms with Crippen LogP contribution >= 0.6 is 0 Å². The van der Waals surface area contributed by atoms with Gasteiger partial charge in [-0.15, -0.1) is 0 Å². The van der Waals surface area contributed by atoms with Crippen LogP contribution in [-0.2, 0) is 16.0 Å². The second-order valence-corrected chi connectivity index (χ2v) is 7.36. The molecule has 6 nitrogen and oxygen atoms in total. The van der Waals surface area contributed by atoms with Gasteiger partial charge in [0.25, 0.3) is 0 Å². The van der Waals surface area contributed by atoms with Crippen LogP contribution in [0.15, 0.2) is 48.5 Å². The summed E-state index contributed by atoms with van der Waals surface area (Å²) >= 11 is 0. The molecule has 1 heterocycles. The van der Waals surface area contributed by atoms with E-state index in [1.165, 1.54) is 6.92 Å². The van der Waals surface area contributed by atoms with Gasteiger partial charge in [-0.3, -0.25) is 9.59 Å². The van der Waals surface area contributed by atoms with Crippen molar-refractivity contribution in [3.8, 4) is 17.2 Å². The molecule has 0 bridgehead atoms. The molecule has 29 heavy (non-hydrogen) atoms. The fourth-order valence-corrected chi connectivity index (χ4v) is 3.53. The van der Waals surface area contributed by atoms with Crippen LogP contribution in [0.3, 0.4) is 0 Å². The lowest BCUT2D eigenvalue weighted by molar-refractivity contribution is -0.124. The van der Waals surface area contributed by atoms with Gasteiger partial charge in [-0.1, -0.05) is 42.8 Å². The number of carbonyl (C=O) groups is 2.